The van der Waals surface area contributed by atoms with Gasteiger partial charge >= 0.3 is 10.0 Å². The standard InChI is InChI=1S/C4H13O2Si2/c1-2-3-4-5-8-6-7/h8H,2-4H2,1,7H3. The molecule has 0 aliphatic rings. The summed E-state index contributed by atoms with van der Waals surface area (Å²) in [7, 11) is 0.694. The Kier molecular flexibility index (Phi) is 7.68. The normalized spacial score (nSPS) is 10.1. The Hall–Kier alpha value is 0.354. The van der Waals surface area contributed by atoms with Crippen molar-refractivity contribution in [3.63, 3.8) is 0 Å². The third kappa shape index (κ3) is 6.35. The first-order valence-electron chi connectivity index (χ1n) is 2.88. The fourth-order valence-corrected chi connectivity index (χ4v) is 1.15. The molecule has 8 heavy (non-hydrogen) atoms. The van der Waals surface area contributed by atoms with Crippen LogP contribution in [0.5, 0.6) is 0 Å². The van der Waals surface area contributed by atoms with E-state index in [2.05, 4.69) is 6.92 Å². The Morgan fingerprint density at radius 2 is 2.38 bits per heavy atom. The number of hydrogen-bond acceptors (Lipinski definition) is 2. The van der Waals surface area contributed by atoms with Crippen molar-refractivity contribution < 1.29 is 8.54 Å². The van der Waals surface area contributed by atoms with E-state index < -0.39 is 0 Å². The molecule has 0 saturated heterocycles. The number of unbranched alkanes of at least 4 members (excludes halogenated alkanes) is 1. The molecule has 0 aliphatic heterocycles. The highest BCUT2D eigenvalue weighted by atomic mass is 28.3. The number of hydrogen-bond donors (Lipinski definition) is 0. The van der Waals surface area contributed by atoms with Crippen LogP contribution in [0.25, 0.3) is 0 Å². The van der Waals surface area contributed by atoms with Gasteiger partial charge in [-0.25, -0.2) is 0 Å². The molecule has 0 aromatic carbocycles. The maximum absolute atomic E-state index is 5.12. The predicted molar refractivity (Wildman–Crippen MR) is 39.0 cm³/mol. The lowest BCUT2D eigenvalue weighted by Gasteiger charge is -1.97. The fourth-order valence-electron chi connectivity index (χ4n) is 0.344. The van der Waals surface area contributed by atoms with E-state index in [0.717, 1.165) is 23.5 Å². The molecule has 49 valence electrons. The molecule has 0 rings (SSSR count). The first kappa shape index (κ1) is 8.35. The maximum atomic E-state index is 5.12. The second-order valence-electron chi connectivity index (χ2n) is 1.56. The molecule has 0 atom stereocenters. The van der Waals surface area contributed by atoms with E-state index in [-0.39, 0.29) is 10.0 Å². The van der Waals surface area contributed by atoms with Crippen molar-refractivity contribution >= 4 is 20.5 Å². The monoisotopic (exact) mass is 149 g/mol. The van der Waals surface area contributed by atoms with E-state index >= 15 is 0 Å². The van der Waals surface area contributed by atoms with Crippen LogP contribution in [0.2, 0.25) is 0 Å². The second kappa shape index (κ2) is 7.35. The number of rotatable bonds is 5. The minimum absolute atomic E-state index is 0.125. The van der Waals surface area contributed by atoms with Crippen LogP contribution in [0, 0.1) is 0 Å². The third-order valence-corrected chi connectivity index (χ3v) is 1.92. The summed E-state index contributed by atoms with van der Waals surface area (Å²) < 4.78 is 10.0. The van der Waals surface area contributed by atoms with Gasteiger partial charge < -0.3 is 8.54 Å². The summed E-state index contributed by atoms with van der Waals surface area (Å²) in [6, 6.07) is 0. The molecule has 2 nitrogen and oxygen atoms in total. The van der Waals surface area contributed by atoms with Crippen molar-refractivity contribution in [2.24, 2.45) is 0 Å². The molecule has 0 amide bonds. The van der Waals surface area contributed by atoms with Crippen LogP contribution in [0.4, 0.5) is 0 Å². The van der Waals surface area contributed by atoms with E-state index in [1.807, 2.05) is 0 Å². The predicted octanol–water partition coefficient (Wildman–Crippen LogP) is -0.633. The molecular weight excluding hydrogens is 136 g/mol. The summed E-state index contributed by atoms with van der Waals surface area (Å²) in [5.74, 6) is 0. The van der Waals surface area contributed by atoms with Gasteiger partial charge in [-0.15, -0.1) is 0 Å². The van der Waals surface area contributed by atoms with Crippen LogP contribution < -0.4 is 0 Å². The van der Waals surface area contributed by atoms with Gasteiger partial charge in [0.1, 0.15) is 10.5 Å². The smallest absolute Gasteiger partial charge is 0.353 e. The molecule has 4 heteroatoms. The molecule has 0 bridgehead atoms. The molecule has 0 spiro atoms. The van der Waals surface area contributed by atoms with Gasteiger partial charge in [-0.1, -0.05) is 13.3 Å². The van der Waals surface area contributed by atoms with Crippen molar-refractivity contribution in [2.75, 3.05) is 6.61 Å². The molecular formula is C4H13O2Si2. The van der Waals surface area contributed by atoms with E-state index in [9.17, 15) is 0 Å². The molecule has 1 radical (unpaired) electrons. The van der Waals surface area contributed by atoms with Gasteiger partial charge in [0.2, 0.25) is 0 Å². The molecule has 0 heterocycles. The Morgan fingerprint density at radius 1 is 1.62 bits per heavy atom. The minimum Gasteiger partial charge on any atom is -0.446 e. The summed E-state index contributed by atoms with van der Waals surface area (Å²) in [6.07, 6.45) is 2.37. The van der Waals surface area contributed by atoms with Crippen molar-refractivity contribution in [3.05, 3.63) is 0 Å². The first-order valence-corrected chi connectivity index (χ1v) is 4.63. The molecule has 0 aromatic rings. The van der Waals surface area contributed by atoms with Crippen LogP contribution >= 0.6 is 0 Å². The van der Waals surface area contributed by atoms with E-state index in [4.69, 9.17) is 8.54 Å². The Balaban J connectivity index is 2.53. The van der Waals surface area contributed by atoms with Crippen molar-refractivity contribution in [1.29, 1.82) is 0 Å². The van der Waals surface area contributed by atoms with Gasteiger partial charge in [0.05, 0.1) is 0 Å². The van der Waals surface area contributed by atoms with Gasteiger partial charge in [-0.3, -0.25) is 0 Å². The highest BCUT2D eigenvalue weighted by molar-refractivity contribution is 6.27. The molecule has 0 N–H and O–H groups in total. The lowest BCUT2D eigenvalue weighted by molar-refractivity contribution is 0.288. The van der Waals surface area contributed by atoms with Gasteiger partial charge in [-0.05, 0) is 6.42 Å². The quantitative estimate of drug-likeness (QED) is 0.383. The fraction of sp³-hybridized carbons (Fsp3) is 1.00. The second-order valence-corrected chi connectivity index (χ2v) is 3.97. The van der Waals surface area contributed by atoms with Gasteiger partial charge in [0, 0.05) is 6.61 Å². The first-order chi connectivity index (χ1) is 3.91. The van der Waals surface area contributed by atoms with Gasteiger partial charge in [-0.2, -0.15) is 0 Å². The lowest BCUT2D eigenvalue weighted by Crippen LogP contribution is -2.02. The highest BCUT2D eigenvalue weighted by Gasteiger charge is 1.84. The largest absolute Gasteiger partial charge is 0.446 e. The third-order valence-electron chi connectivity index (χ3n) is 0.780. The topological polar surface area (TPSA) is 18.5 Å². The molecule has 0 aliphatic carbocycles. The van der Waals surface area contributed by atoms with Crippen LogP contribution in [-0.2, 0) is 8.54 Å². The molecule has 0 saturated carbocycles. The van der Waals surface area contributed by atoms with Crippen LogP contribution in [-0.4, -0.2) is 27.1 Å². The highest BCUT2D eigenvalue weighted by Crippen LogP contribution is 1.85. The maximum Gasteiger partial charge on any atom is 0.353 e. The average Bonchev–Trinajstić information content (AvgIpc) is 1.81. The summed E-state index contributed by atoms with van der Waals surface area (Å²) in [5, 5.41) is 0. The Bertz CT molecular complexity index is 37.0. The average molecular weight is 149 g/mol. The molecule has 0 fully saturated rings. The summed E-state index contributed by atoms with van der Waals surface area (Å²) in [6.45, 7) is 3.04. The molecule has 0 unspecified atom stereocenters. The van der Waals surface area contributed by atoms with Gasteiger partial charge in [0.15, 0.2) is 0 Å². The van der Waals surface area contributed by atoms with Crippen LogP contribution in [0.15, 0.2) is 0 Å². The zero-order chi connectivity index (χ0) is 6.24. The van der Waals surface area contributed by atoms with E-state index in [0.29, 0.717) is 0 Å². The Morgan fingerprint density at radius 3 is 2.88 bits per heavy atom. The van der Waals surface area contributed by atoms with Crippen molar-refractivity contribution in [2.45, 2.75) is 19.8 Å². The van der Waals surface area contributed by atoms with Gasteiger partial charge in [0.25, 0.3) is 0 Å². The summed E-state index contributed by atoms with van der Waals surface area (Å²) >= 11 is 0. The lowest BCUT2D eigenvalue weighted by atomic mass is 10.4. The van der Waals surface area contributed by atoms with Crippen LogP contribution in [0.3, 0.4) is 0 Å². The van der Waals surface area contributed by atoms with Crippen molar-refractivity contribution in [3.8, 4) is 0 Å². The van der Waals surface area contributed by atoms with Crippen molar-refractivity contribution in [1.82, 2.24) is 0 Å². The zero-order valence-corrected chi connectivity index (χ0v) is 8.67. The van der Waals surface area contributed by atoms with E-state index in [1.54, 1.807) is 0 Å². The SMILES string of the molecule is CCCCO[SiH]O[SiH3]. The summed E-state index contributed by atoms with van der Waals surface area (Å²) in [4.78, 5) is 0. The summed E-state index contributed by atoms with van der Waals surface area (Å²) in [5.41, 5.74) is 0. The van der Waals surface area contributed by atoms with Crippen LogP contribution in [0.1, 0.15) is 19.8 Å². The Labute approximate surface area is 56.2 Å². The zero-order valence-electron chi connectivity index (χ0n) is 5.52. The molecule has 0 aromatic heterocycles. The van der Waals surface area contributed by atoms with E-state index in [1.165, 1.54) is 6.42 Å². The minimum atomic E-state index is -0.125.